The minimum atomic E-state index is -3.54. The maximum atomic E-state index is 12.3. The summed E-state index contributed by atoms with van der Waals surface area (Å²) in [6.45, 7) is -0.0861. The molecule has 0 unspecified atom stereocenters. The van der Waals surface area contributed by atoms with Crippen LogP contribution in [0, 0.1) is 0 Å². The van der Waals surface area contributed by atoms with Crippen molar-refractivity contribution in [3.05, 3.63) is 57.2 Å². The quantitative estimate of drug-likeness (QED) is 0.810. The van der Waals surface area contributed by atoms with E-state index in [0.717, 1.165) is 4.88 Å². The number of aliphatic hydroxyl groups is 1. The Kier molecular flexibility index (Phi) is 5.78. The molecule has 7 heteroatoms. The van der Waals surface area contributed by atoms with Gasteiger partial charge in [0.2, 0.25) is 10.0 Å². The van der Waals surface area contributed by atoms with E-state index in [9.17, 15) is 8.42 Å². The Labute approximate surface area is 133 Å². The second-order valence-electron chi connectivity index (χ2n) is 4.55. The SMILES string of the molecule is O=S(=O)(Cc1ccccc1Cl)N[C@H](CCO)c1cccs1. The van der Waals surface area contributed by atoms with Gasteiger partial charge in [-0.1, -0.05) is 35.9 Å². The first-order valence-electron chi connectivity index (χ1n) is 6.39. The van der Waals surface area contributed by atoms with Crippen LogP contribution in [0.1, 0.15) is 22.9 Å². The molecular formula is C14H16ClNO3S2. The van der Waals surface area contributed by atoms with Gasteiger partial charge in [-0.15, -0.1) is 11.3 Å². The standard InChI is InChI=1S/C14H16ClNO3S2/c15-12-5-2-1-4-11(12)10-21(18,19)16-13(7-8-17)14-6-3-9-20-14/h1-6,9,13,16-17H,7-8,10H2/t13-/m1/s1. The third-order valence-electron chi connectivity index (χ3n) is 2.93. The number of halogens is 1. The highest BCUT2D eigenvalue weighted by molar-refractivity contribution is 7.88. The maximum absolute atomic E-state index is 12.3. The second kappa shape index (κ2) is 7.38. The normalized spacial score (nSPS) is 13.2. The van der Waals surface area contributed by atoms with Gasteiger partial charge in [-0.05, 0) is 29.5 Å². The lowest BCUT2D eigenvalue weighted by Crippen LogP contribution is -2.30. The molecule has 0 aliphatic heterocycles. The van der Waals surface area contributed by atoms with E-state index in [-0.39, 0.29) is 12.4 Å². The largest absolute Gasteiger partial charge is 0.396 e. The third kappa shape index (κ3) is 4.79. The number of hydrogen-bond acceptors (Lipinski definition) is 4. The molecule has 0 amide bonds. The van der Waals surface area contributed by atoms with Crippen LogP contribution in [0.25, 0.3) is 0 Å². The zero-order valence-electron chi connectivity index (χ0n) is 11.2. The molecule has 0 saturated heterocycles. The molecule has 0 spiro atoms. The monoisotopic (exact) mass is 345 g/mol. The molecule has 0 saturated carbocycles. The Bertz CT molecular complexity index is 671. The molecule has 2 N–H and O–H groups in total. The molecular weight excluding hydrogens is 330 g/mol. The summed E-state index contributed by atoms with van der Waals surface area (Å²) in [6, 6.07) is 10.1. The van der Waals surface area contributed by atoms with Crippen LogP contribution in [-0.4, -0.2) is 20.1 Å². The molecule has 114 valence electrons. The zero-order valence-corrected chi connectivity index (χ0v) is 13.6. The molecule has 2 rings (SSSR count). The summed E-state index contributed by atoms with van der Waals surface area (Å²) in [5, 5.41) is 11.4. The lowest BCUT2D eigenvalue weighted by molar-refractivity contribution is 0.273. The summed E-state index contributed by atoms with van der Waals surface area (Å²) in [4.78, 5) is 0.881. The minimum Gasteiger partial charge on any atom is -0.396 e. The molecule has 1 heterocycles. The van der Waals surface area contributed by atoms with E-state index in [2.05, 4.69) is 4.72 Å². The van der Waals surface area contributed by atoms with E-state index in [1.807, 2.05) is 17.5 Å². The van der Waals surface area contributed by atoms with Gasteiger partial charge in [0.1, 0.15) is 0 Å². The number of nitrogens with one attached hydrogen (secondary N) is 1. The molecule has 0 aliphatic rings. The molecule has 0 fully saturated rings. The highest BCUT2D eigenvalue weighted by Gasteiger charge is 2.21. The van der Waals surface area contributed by atoms with E-state index < -0.39 is 16.1 Å². The molecule has 1 aromatic heterocycles. The zero-order chi connectivity index (χ0) is 15.3. The number of aliphatic hydroxyl groups excluding tert-OH is 1. The molecule has 4 nitrogen and oxygen atoms in total. The first kappa shape index (κ1) is 16.5. The van der Waals surface area contributed by atoms with Gasteiger partial charge in [0.05, 0.1) is 11.8 Å². The van der Waals surface area contributed by atoms with Crippen LogP contribution in [0.3, 0.4) is 0 Å². The fourth-order valence-electron chi connectivity index (χ4n) is 1.96. The van der Waals surface area contributed by atoms with Crippen LogP contribution < -0.4 is 4.72 Å². The van der Waals surface area contributed by atoms with Crippen LogP contribution in [0.2, 0.25) is 5.02 Å². The van der Waals surface area contributed by atoms with Crippen LogP contribution in [0.4, 0.5) is 0 Å². The molecule has 0 bridgehead atoms. The molecule has 1 aromatic carbocycles. The summed E-state index contributed by atoms with van der Waals surface area (Å²) in [6.07, 6.45) is 0.336. The molecule has 0 aliphatic carbocycles. The van der Waals surface area contributed by atoms with Crippen molar-refractivity contribution in [3.63, 3.8) is 0 Å². The van der Waals surface area contributed by atoms with Crippen molar-refractivity contribution in [2.45, 2.75) is 18.2 Å². The molecule has 0 radical (unpaired) electrons. The average Bonchev–Trinajstić information content (AvgIpc) is 2.94. The van der Waals surface area contributed by atoms with Gasteiger partial charge in [0, 0.05) is 16.5 Å². The Balaban J connectivity index is 2.14. The number of benzene rings is 1. The number of thiophene rings is 1. The van der Waals surface area contributed by atoms with Crippen molar-refractivity contribution in [3.8, 4) is 0 Å². The molecule has 2 aromatic rings. The van der Waals surface area contributed by atoms with Crippen molar-refractivity contribution in [1.82, 2.24) is 4.72 Å². The Morgan fingerprint density at radius 3 is 2.62 bits per heavy atom. The lowest BCUT2D eigenvalue weighted by Gasteiger charge is -2.17. The van der Waals surface area contributed by atoms with Gasteiger partial charge in [-0.3, -0.25) is 0 Å². The molecule has 1 atom stereocenters. The fourth-order valence-corrected chi connectivity index (χ4v) is 4.55. The first-order valence-corrected chi connectivity index (χ1v) is 9.30. The van der Waals surface area contributed by atoms with Crippen molar-refractivity contribution < 1.29 is 13.5 Å². The highest BCUT2D eigenvalue weighted by Crippen LogP contribution is 2.24. The third-order valence-corrected chi connectivity index (χ3v) is 5.62. The van der Waals surface area contributed by atoms with Crippen molar-refractivity contribution in [2.24, 2.45) is 0 Å². The maximum Gasteiger partial charge on any atom is 0.216 e. The Morgan fingerprint density at radius 2 is 2.00 bits per heavy atom. The number of sulfonamides is 1. The van der Waals surface area contributed by atoms with Gasteiger partial charge in [-0.2, -0.15) is 0 Å². The number of hydrogen-bond donors (Lipinski definition) is 2. The summed E-state index contributed by atoms with van der Waals surface area (Å²) in [5.41, 5.74) is 0.556. The minimum absolute atomic E-state index is 0.0861. The van der Waals surface area contributed by atoms with Gasteiger partial charge >= 0.3 is 0 Å². The van der Waals surface area contributed by atoms with Crippen molar-refractivity contribution in [2.75, 3.05) is 6.61 Å². The summed E-state index contributed by atoms with van der Waals surface area (Å²) >= 11 is 7.45. The Hall–Kier alpha value is -0.920. The predicted octanol–water partition coefficient (Wildman–Crippen LogP) is 2.94. The van der Waals surface area contributed by atoms with Crippen LogP contribution >= 0.6 is 22.9 Å². The smallest absolute Gasteiger partial charge is 0.216 e. The van der Waals surface area contributed by atoms with Crippen LogP contribution in [0.5, 0.6) is 0 Å². The van der Waals surface area contributed by atoms with E-state index in [1.165, 1.54) is 11.3 Å². The predicted molar refractivity (Wildman–Crippen MR) is 86.0 cm³/mol. The Morgan fingerprint density at radius 1 is 1.24 bits per heavy atom. The van der Waals surface area contributed by atoms with Crippen molar-refractivity contribution >= 4 is 33.0 Å². The highest BCUT2D eigenvalue weighted by atomic mass is 35.5. The summed E-state index contributed by atoms with van der Waals surface area (Å²) in [5.74, 6) is -0.181. The van der Waals surface area contributed by atoms with Gasteiger partial charge in [0.25, 0.3) is 0 Å². The number of rotatable bonds is 7. The van der Waals surface area contributed by atoms with E-state index in [4.69, 9.17) is 16.7 Å². The van der Waals surface area contributed by atoms with Gasteiger partial charge in [0.15, 0.2) is 0 Å². The van der Waals surface area contributed by atoms with E-state index >= 15 is 0 Å². The second-order valence-corrected chi connectivity index (χ2v) is 7.69. The molecule has 21 heavy (non-hydrogen) atoms. The average molecular weight is 346 g/mol. The van der Waals surface area contributed by atoms with Crippen LogP contribution in [-0.2, 0) is 15.8 Å². The fraction of sp³-hybridized carbons (Fsp3) is 0.286. The lowest BCUT2D eigenvalue weighted by atomic mass is 10.2. The van der Waals surface area contributed by atoms with Crippen LogP contribution in [0.15, 0.2) is 41.8 Å². The topological polar surface area (TPSA) is 66.4 Å². The van der Waals surface area contributed by atoms with E-state index in [1.54, 1.807) is 24.3 Å². The summed E-state index contributed by atoms with van der Waals surface area (Å²) < 4.78 is 27.2. The van der Waals surface area contributed by atoms with Gasteiger partial charge in [-0.25, -0.2) is 13.1 Å². The van der Waals surface area contributed by atoms with Gasteiger partial charge < -0.3 is 5.11 Å². The van der Waals surface area contributed by atoms with Crippen molar-refractivity contribution in [1.29, 1.82) is 0 Å². The van der Waals surface area contributed by atoms with E-state index in [0.29, 0.717) is 17.0 Å². The first-order chi connectivity index (χ1) is 10.0. The summed E-state index contributed by atoms with van der Waals surface area (Å²) in [7, 11) is -3.54.